The molecule has 124 valence electrons. The van der Waals surface area contributed by atoms with Gasteiger partial charge in [-0.15, -0.1) is 0 Å². The lowest BCUT2D eigenvalue weighted by Gasteiger charge is -2.29. The van der Waals surface area contributed by atoms with Crippen LogP contribution in [-0.2, 0) is 9.59 Å². The van der Waals surface area contributed by atoms with Gasteiger partial charge in [-0.3, -0.25) is 9.59 Å². The van der Waals surface area contributed by atoms with E-state index < -0.39 is 11.4 Å². The molecule has 1 N–H and O–H groups in total. The summed E-state index contributed by atoms with van der Waals surface area (Å²) >= 11 is 0. The standard InChI is InChI=1S/C18H29NO3/c1-12(2)18(17(21)22)8-9-19(11-18)16(20)15-10-14(15)13-6-4-3-5-7-13/h12-15H,3-11H2,1-2H3,(H,21,22). The minimum atomic E-state index is -0.738. The molecule has 4 nitrogen and oxygen atoms in total. The molecule has 0 aromatic rings. The van der Waals surface area contributed by atoms with Gasteiger partial charge in [0.1, 0.15) is 0 Å². The maximum atomic E-state index is 12.7. The summed E-state index contributed by atoms with van der Waals surface area (Å²) in [5.74, 6) is 1.10. The molecule has 22 heavy (non-hydrogen) atoms. The van der Waals surface area contributed by atoms with Gasteiger partial charge in [0.05, 0.1) is 5.41 Å². The number of nitrogens with zero attached hydrogens (tertiary/aromatic N) is 1. The van der Waals surface area contributed by atoms with Crippen LogP contribution in [0.3, 0.4) is 0 Å². The van der Waals surface area contributed by atoms with E-state index in [0.717, 1.165) is 12.3 Å². The van der Waals surface area contributed by atoms with E-state index in [-0.39, 0.29) is 17.7 Å². The zero-order chi connectivity index (χ0) is 15.9. The third kappa shape index (κ3) is 2.65. The minimum Gasteiger partial charge on any atom is -0.481 e. The van der Waals surface area contributed by atoms with Gasteiger partial charge in [-0.05, 0) is 30.6 Å². The van der Waals surface area contributed by atoms with Gasteiger partial charge in [0.25, 0.3) is 0 Å². The Morgan fingerprint density at radius 1 is 1.18 bits per heavy atom. The monoisotopic (exact) mass is 307 g/mol. The van der Waals surface area contributed by atoms with Gasteiger partial charge in [-0.2, -0.15) is 0 Å². The van der Waals surface area contributed by atoms with E-state index in [1.165, 1.54) is 32.1 Å². The zero-order valence-electron chi connectivity index (χ0n) is 13.9. The first-order valence-electron chi connectivity index (χ1n) is 8.98. The third-order valence-electron chi connectivity index (χ3n) is 6.56. The Morgan fingerprint density at radius 2 is 1.86 bits per heavy atom. The smallest absolute Gasteiger partial charge is 0.311 e. The highest BCUT2D eigenvalue weighted by Crippen LogP contribution is 2.51. The summed E-state index contributed by atoms with van der Waals surface area (Å²) in [4.78, 5) is 26.3. The SMILES string of the molecule is CC(C)C1(C(=O)O)CCN(C(=O)C2CC2C2CCCCC2)C1. The molecule has 0 aromatic carbocycles. The highest BCUT2D eigenvalue weighted by atomic mass is 16.4. The molecule has 2 aliphatic carbocycles. The second-order valence-electron chi connectivity index (χ2n) is 8.03. The summed E-state index contributed by atoms with van der Waals surface area (Å²) in [6, 6.07) is 0. The molecule has 1 saturated heterocycles. The van der Waals surface area contributed by atoms with Crippen molar-refractivity contribution in [2.75, 3.05) is 13.1 Å². The maximum absolute atomic E-state index is 12.7. The van der Waals surface area contributed by atoms with E-state index in [0.29, 0.717) is 25.4 Å². The van der Waals surface area contributed by atoms with Gasteiger partial charge in [0, 0.05) is 19.0 Å². The van der Waals surface area contributed by atoms with Crippen LogP contribution in [0.4, 0.5) is 0 Å². The maximum Gasteiger partial charge on any atom is 0.311 e. The third-order valence-corrected chi connectivity index (χ3v) is 6.56. The average molecular weight is 307 g/mol. The zero-order valence-corrected chi connectivity index (χ0v) is 13.9. The van der Waals surface area contributed by atoms with Crippen LogP contribution in [0.15, 0.2) is 0 Å². The molecular formula is C18H29NO3. The molecule has 3 fully saturated rings. The second kappa shape index (κ2) is 5.86. The Morgan fingerprint density at radius 3 is 2.41 bits per heavy atom. The summed E-state index contributed by atoms with van der Waals surface area (Å²) < 4.78 is 0. The van der Waals surface area contributed by atoms with Gasteiger partial charge in [-0.1, -0.05) is 46.0 Å². The van der Waals surface area contributed by atoms with Crippen molar-refractivity contribution in [1.82, 2.24) is 4.90 Å². The molecule has 0 radical (unpaired) electrons. The van der Waals surface area contributed by atoms with Crippen LogP contribution < -0.4 is 0 Å². The average Bonchev–Trinajstić information content (AvgIpc) is 3.17. The predicted molar refractivity (Wildman–Crippen MR) is 84.3 cm³/mol. The molecule has 1 amide bonds. The fraction of sp³-hybridized carbons (Fsp3) is 0.889. The number of aliphatic carboxylic acids is 1. The molecule has 3 atom stereocenters. The number of rotatable bonds is 4. The molecule has 1 aliphatic heterocycles. The van der Waals surface area contributed by atoms with Crippen molar-refractivity contribution >= 4 is 11.9 Å². The Kier molecular flexibility index (Phi) is 4.21. The summed E-state index contributed by atoms with van der Waals surface area (Å²) in [5.41, 5.74) is -0.731. The number of amides is 1. The van der Waals surface area contributed by atoms with Crippen molar-refractivity contribution in [3.05, 3.63) is 0 Å². The minimum absolute atomic E-state index is 0.0659. The molecule has 3 aliphatic rings. The number of likely N-dealkylation sites (tertiary alicyclic amines) is 1. The fourth-order valence-electron chi connectivity index (χ4n) is 4.73. The Labute approximate surface area is 133 Å². The van der Waals surface area contributed by atoms with Gasteiger partial charge in [0.2, 0.25) is 5.91 Å². The first-order chi connectivity index (χ1) is 10.5. The largest absolute Gasteiger partial charge is 0.481 e. The van der Waals surface area contributed by atoms with Crippen molar-refractivity contribution in [3.63, 3.8) is 0 Å². The van der Waals surface area contributed by atoms with Crippen molar-refractivity contribution in [3.8, 4) is 0 Å². The Bertz CT molecular complexity index is 455. The van der Waals surface area contributed by atoms with E-state index in [4.69, 9.17) is 0 Å². The molecule has 4 heteroatoms. The molecule has 0 bridgehead atoms. The fourth-order valence-corrected chi connectivity index (χ4v) is 4.73. The van der Waals surface area contributed by atoms with Gasteiger partial charge >= 0.3 is 5.97 Å². The lowest BCUT2D eigenvalue weighted by molar-refractivity contribution is -0.151. The van der Waals surface area contributed by atoms with Crippen LogP contribution in [0.25, 0.3) is 0 Å². The van der Waals surface area contributed by atoms with Crippen molar-refractivity contribution in [2.24, 2.45) is 29.1 Å². The number of carboxylic acid groups (broad SMARTS) is 1. The lowest BCUT2D eigenvalue weighted by Crippen LogP contribution is -2.41. The van der Waals surface area contributed by atoms with Crippen molar-refractivity contribution < 1.29 is 14.7 Å². The number of hydrogen-bond donors (Lipinski definition) is 1. The second-order valence-corrected chi connectivity index (χ2v) is 8.03. The van der Waals surface area contributed by atoms with Gasteiger partial charge in [0.15, 0.2) is 0 Å². The lowest BCUT2D eigenvalue weighted by atomic mass is 9.76. The quantitative estimate of drug-likeness (QED) is 0.868. The highest BCUT2D eigenvalue weighted by molar-refractivity contribution is 5.84. The van der Waals surface area contributed by atoms with Crippen LogP contribution in [-0.4, -0.2) is 35.0 Å². The van der Waals surface area contributed by atoms with Crippen LogP contribution in [0.1, 0.15) is 58.8 Å². The van der Waals surface area contributed by atoms with Crippen LogP contribution in [0.5, 0.6) is 0 Å². The van der Waals surface area contributed by atoms with E-state index >= 15 is 0 Å². The van der Waals surface area contributed by atoms with Crippen LogP contribution in [0.2, 0.25) is 0 Å². The normalized spacial score (nSPS) is 35.9. The molecule has 2 saturated carbocycles. The van der Waals surface area contributed by atoms with Crippen molar-refractivity contribution in [2.45, 2.75) is 58.8 Å². The summed E-state index contributed by atoms with van der Waals surface area (Å²) in [5, 5.41) is 9.61. The molecule has 0 spiro atoms. The molecule has 3 rings (SSSR count). The van der Waals surface area contributed by atoms with E-state index in [1.54, 1.807) is 0 Å². The number of carbonyl (C=O) groups is 2. The topological polar surface area (TPSA) is 57.6 Å². The molecule has 3 unspecified atom stereocenters. The summed E-state index contributed by atoms with van der Waals surface area (Å²) in [6.07, 6.45) is 8.22. The Balaban J connectivity index is 1.59. The summed E-state index contributed by atoms with van der Waals surface area (Å²) in [6.45, 7) is 4.96. The van der Waals surface area contributed by atoms with Gasteiger partial charge in [-0.25, -0.2) is 0 Å². The number of carboxylic acids is 1. The highest BCUT2D eigenvalue weighted by Gasteiger charge is 2.53. The van der Waals surface area contributed by atoms with Gasteiger partial charge < -0.3 is 10.0 Å². The van der Waals surface area contributed by atoms with E-state index in [2.05, 4.69) is 0 Å². The first-order valence-corrected chi connectivity index (χ1v) is 8.98. The Hall–Kier alpha value is -1.06. The molecule has 1 heterocycles. The molecular weight excluding hydrogens is 278 g/mol. The van der Waals surface area contributed by atoms with E-state index in [9.17, 15) is 14.7 Å². The predicted octanol–water partition coefficient (Wildman–Crippen LogP) is 3.16. The van der Waals surface area contributed by atoms with Crippen LogP contribution in [0, 0.1) is 29.1 Å². The first kappa shape index (κ1) is 15.8. The van der Waals surface area contributed by atoms with Crippen molar-refractivity contribution in [1.29, 1.82) is 0 Å². The van der Waals surface area contributed by atoms with E-state index in [1.807, 2.05) is 18.7 Å². The molecule has 0 aromatic heterocycles. The number of carbonyl (C=O) groups excluding carboxylic acids is 1. The van der Waals surface area contributed by atoms with Crippen LogP contribution >= 0.6 is 0 Å². The summed E-state index contributed by atoms with van der Waals surface area (Å²) in [7, 11) is 0. The number of hydrogen-bond acceptors (Lipinski definition) is 2.